The highest BCUT2D eigenvalue weighted by atomic mass is 32.1. The van der Waals surface area contributed by atoms with Crippen LogP contribution in [0.15, 0.2) is 17.7 Å². The summed E-state index contributed by atoms with van der Waals surface area (Å²) in [5.74, 6) is 2.01. The molecule has 1 fully saturated rings. The maximum absolute atomic E-state index is 12.4. The number of aromatic nitrogens is 2. The van der Waals surface area contributed by atoms with Gasteiger partial charge in [0.2, 0.25) is 5.13 Å². The first-order valence-corrected chi connectivity index (χ1v) is 8.03. The second-order valence-electron chi connectivity index (χ2n) is 5.96. The molecule has 2 bridgehead atoms. The lowest BCUT2D eigenvalue weighted by Gasteiger charge is -2.31. The zero-order valence-electron chi connectivity index (χ0n) is 11.8. The molecule has 2 aliphatic rings. The van der Waals surface area contributed by atoms with Crippen LogP contribution in [0.2, 0.25) is 0 Å². The van der Waals surface area contributed by atoms with E-state index >= 15 is 0 Å². The van der Waals surface area contributed by atoms with Crippen molar-refractivity contribution in [2.24, 2.45) is 17.8 Å². The molecule has 0 spiro atoms. The first-order chi connectivity index (χ1) is 9.63. The molecule has 0 saturated heterocycles. The lowest BCUT2D eigenvalue weighted by atomic mass is 9.93. The third-order valence-corrected chi connectivity index (χ3v) is 4.91. The van der Waals surface area contributed by atoms with Crippen LogP contribution in [0.4, 0.5) is 9.93 Å². The van der Waals surface area contributed by atoms with E-state index in [1.165, 1.54) is 24.2 Å². The van der Waals surface area contributed by atoms with Crippen molar-refractivity contribution in [2.45, 2.75) is 32.7 Å². The minimum Gasteiger partial charge on any atom is -0.322 e. The zero-order chi connectivity index (χ0) is 14.1. The third-order valence-electron chi connectivity index (χ3n) is 4.31. The van der Waals surface area contributed by atoms with Crippen LogP contribution in [0.25, 0.3) is 0 Å². The van der Waals surface area contributed by atoms with Crippen LogP contribution in [0, 0.1) is 17.8 Å². The van der Waals surface area contributed by atoms with Gasteiger partial charge in [-0.25, -0.2) is 4.79 Å². The van der Waals surface area contributed by atoms with Gasteiger partial charge in [-0.2, -0.15) is 0 Å². The quantitative estimate of drug-likeness (QED) is 0.868. The summed E-state index contributed by atoms with van der Waals surface area (Å²) in [7, 11) is 0. The van der Waals surface area contributed by atoms with Crippen LogP contribution >= 0.6 is 11.3 Å². The maximum Gasteiger partial charge on any atom is 0.323 e. The number of urea groups is 1. The van der Waals surface area contributed by atoms with Crippen molar-refractivity contribution in [3.05, 3.63) is 17.7 Å². The number of fused-ring (bicyclic) bond motifs is 2. The van der Waals surface area contributed by atoms with Crippen LogP contribution in [-0.4, -0.2) is 33.7 Å². The average Bonchev–Trinajstić information content (AvgIpc) is 3.12. The second kappa shape index (κ2) is 5.52. The molecule has 0 unspecified atom stereocenters. The van der Waals surface area contributed by atoms with E-state index in [0.717, 1.165) is 12.5 Å². The molecule has 6 heteroatoms. The number of amides is 2. The van der Waals surface area contributed by atoms with E-state index in [1.54, 1.807) is 5.51 Å². The summed E-state index contributed by atoms with van der Waals surface area (Å²) in [4.78, 5) is 14.3. The van der Waals surface area contributed by atoms with Crippen molar-refractivity contribution in [2.75, 3.05) is 11.9 Å². The number of carbonyl (C=O) groups excluding carboxylic acids is 1. The van der Waals surface area contributed by atoms with Crippen molar-refractivity contribution in [1.29, 1.82) is 0 Å². The molecule has 0 radical (unpaired) electrons. The fourth-order valence-corrected chi connectivity index (χ4v) is 3.71. The van der Waals surface area contributed by atoms with Crippen LogP contribution < -0.4 is 5.32 Å². The van der Waals surface area contributed by atoms with Gasteiger partial charge in [-0.15, -0.1) is 10.2 Å². The molecule has 2 amide bonds. The summed E-state index contributed by atoms with van der Waals surface area (Å²) in [5, 5.41) is 11.0. The lowest BCUT2D eigenvalue weighted by Crippen LogP contribution is -2.43. The first kappa shape index (κ1) is 13.5. The highest BCUT2D eigenvalue weighted by Crippen LogP contribution is 2.43. The number of carbonyl (C=O) groups is 1. The number of hydrogen-bond donors (Lipinski definition) is 1. The normalized spacial score (nSPS) is 27.2. The van der Waals surface area contributed by atoms with Crippen molar-refractivity contribution >= 4 is 22.5 Å². The van der Waals surface area contributed by atoms with Crippen molar-refractivity contribution < 1.29 is 4.79 Å². The smallest absolute Gasteiger partial charge is 0.322 e. The van der Waals surface area contributed by atoms with E-state index in [9.17, 15) is 4.79 Å². The Kier molecular flexibility index (Phi) is 3.74. The molecule has 1 saturated carbocycles. The van der Waals surface area contributed by atoms with Gasteiger partial charge >= 0.3 is 6.03 Å². The van der Waals surface area contributed by atoms with Crippen LogP contribution in [-0.2, 0) is 0 Å². The number of rotatable bonds is 4. The van der Waals surface area contributed by atoms with E-state index in [4.69, 9.17) is 0 Å². The Bertz CT molecular complexity index is 499. The average molecular weight is 292 g/mol. The molecule has 20 heavy (non-hydrogen) atoms. The predicted octanol–water partition coefficient (Wildman–Crippen LogP) is 2.99. The standard InChI is InChI=1S/C14H20N4OS/c1-9(2)18(14(19)16-13-17-15-8-20-13)7-12-6-10-3-4-11(12)5-10/h3-4,8-12H,5-7H2,1-2H3,(H,16,17,19)/t10-,11-,12+/m0/s1. The fourth-order valence-electron chi connectivity index (χ4n) is 3.28. The SMILES string of the molecule is CC(C)N(C[C@H]1C[C@H]2C=C[C@H]1C2)C(=O)Nc1nncs1. The second-order valence-corrected chi connectivity index (χ2v) is 6.79. The van der Waals surface area contributed by atoms with Crippen molar-refractivity contribution in [3.63, 3.8) is 0 Å². The monoisotopic (exact) mass is 292 g/mol. The summed E-state index contributed by atoms with van der Waals surface area (Å²) in [5.41, 5.74) is 1.62. The molecule has 0 aromatic carbocycles. The Morgan fingerprint density at radius 2 is 2.35 bits per heavy atom. The molecular formula is C14H20N4OS. The summed E-state index contributed by atoms with van der Waals surface area (Å²) in [6.45, 7) is 4.94. The summed E-state index contributed by atoms with van der Waals surface area (Å²) in [6.07, 6.45) is 7.16. The topological polar surface area (TPSA) is 58.1 Å². The van der Waals surface area contributed by atoms with E-state index < -0.39 is 0 Å². The van der Waals surface area contributed by atoms with E-state index in [0.29, 0.717) is 17.0 Å². The van der Waals surface area contributed by atoms with Crippen molar-refractivity contribution in [1.82, 2.24) is 15.1 Å². The van der Waals surface area contributed by atoms with Gasteiger partial charge in [0.15, 0.2) is 0 Å². The third kappa shape index (κ3) is 2.70. The minimum absolute atomic E-state index is 0.0662. The lowest BCUT2D eigenvalue weighted by molar-refractivity contribution is 0.178. The maximum atomic E-state index is 12.4. The fraction of sp³-hybridized carbons (Fsp3) is 0.643. The molecule has 1 aromatic rings. The van der Waals surface area contributed by atoms with Gasteiger partial charge in [0.25, 0.3) is 0 Å². The number of allylic oxidation sites excluding steroid dienone is 2. The highest BCUT2D eigenvalue weighted by Gasteiger charge is 2.37. The largest absolute Gasteiger partial charge is 0.323 e. The number of nitrogens with one attached hydrogen (secondary N) is 1. The van der Waals surface area contributed by atoms with Crippen molar-refractivity contribution in [3.8, 4) is 0 Å². The van der Waals surface area contributed by atoms with Gasteiger partial charge in [-0.05, 0) is 44.4 Å². The van der Waals surface area contributed by atoms with Gasteiger partial charge in [0, 0.05) is 12.6 Å². The first-order valence-electron chi connectivity index (χ1n) is 7.15. The summed E-state index contributed by atoms with van der Waals surface area (Å²) in [6, 6.07) is 0.120. The van der Waals surface area contributed by atoms with Crippen LogP contribution in [0.3, 0.4) is 0 Å². The Morgan fingerprint density at radius 1 is 1.50 bits per heavy atom. The molecule has 3 atom stereocenters. The molecule has 2 aliphatic carbocycles. The van der Waals surface area contributed by atoms with E-state index in [-0.39, 0.29) is 12.1 Å². The Morgan fingerprint density at radius 3 is 2.90 bits per heavy atom. The Hall–Kier alpha value is -1.43. The summed E-state index contributed by atoms with van der Waals surface area (Å²) >= 11 is 1.34. The number of hydrogen-bond acceptors (Lipinski definition) is 4. The molecule has 1 aromatic heterocycles. The Labute approximate surface area is 123 Å². The molecular weight excluding hydrogens is 272 g/mol. The minimum atomic E-state index is -0.0662. The molecule has 1 N–H and O–H groups in total. The van der Waals surface area contributed by atoms with Gasteiger partial charge in [0.05, 0.1) is 0 Å². The van der Waals surface area contributed by atoms with Crippen LogP contribution in [0.1, 0.15) is 26.7 Å². The summed E-state index contributed by atoms with van der Waals surface area (Å²) < 4.78 is 0. The number of anilines is 1. The van der Waals surface area contributed by atoms with Gasteiger partial charge in [0.1, 0.15) is 5.51 Å². The molecule has 0 aliphatic heterocycles. The molecule has 1 heterocycles. The van der Waals surface area contributed by atoms with E-state index in [2.05, 4.69) is 41.5 Å². The van der Waals surface area contributed by atoms with Gasteiger partial charge in [-0.1, -0.05) is 23.5 Å². The van der Waals surface area contributed by atoms with E-state index in [1.807, 2.05) is 4.90 Å². The predicted molar refractivity (Wildman–Crippen MR) is 79.6 cm³/mol. The van der Waals surface area contributed by atoms with Gasteiger partial charge in [-0.3, -0.25) is 5.32 Å². The zero-order valence-corrected chi connectivity index (χ0v) is 12.6. The highest BCUT2D eigenvalue weighted by molar-refractivity contribution is 7.13. The Balaban J connectivity index is 1.63. The van der Waals surface area contributed by atoms with Gasteiger partial charge < -0.3 is 4.90 Å². The molecule has 3 rings (SSSR count). The van der Waals surface area contributed by atoms with Crippen LogP contribution in [0.5, 0.6) is 0 Å². The molecule has 108 valence electrons. The molecule has 5 nitrogen and oxygen atoms in total. The number of nitrogens with zero attached hydrogens (tertiary/aromatic N) is 3.